The van der Waals surface area contributed by atoms with Crippen LogP contribution in [0.5, 0.6) is 11.5 Å². The quantitative estimate of drug-likeness (QED) is 0.818. The first-order chi connectivity index (χ1) is 12.5. The molecule has 1 aliphatic heterocycles. The van der Waals surface area contributed by atoms with E-state index < -0.39 is 12.0 Å². The molecule has 6 heteroatoms. The van der Waals surface area contributed by atoms with Gasteiger partial charge in [0.2, 0.25) is 5.91 Å². The standard InChI is InChI=1S/C20H25NO5/c1-25-17-10-14-8-9-21(20(24)13-6-4-3-5-7-13)16(12-19(22)23)15(14)11-18(17)26-2/h3-4,10-11,13,16H,5-9,12H2,1-2H3,(H,22,23). The van der Waals surface area contributed by atoms with E-state index in [1.54, 1.807) is 19.1 Å². The number of carbonyl (C=O) groups is 2. The zero-order valence-electron chi connectivity index (χ0n) is 15.2. The summed E-state index contributed by atoms with van der Waals surface area (Å²) in [5, 5.41) is 9.42. The third-order valence-corrected chi connectivity index (χ3v) is 5.27. The smallest absolute Gasteiger partial charge is 0.305 e. The molecule has 1 aliphatic carbocycles. The van der Waals surface area contributed by atoms with Crippen LogP contribution in [0.25, 0.3) is 0 Å². The molecule has 2 aliphatic rings. The summed E-state index contributed by atoms with van der Waals surface area (Å²) >= 11 is 0. The van der Waals surface area contributed by atoms with Crippen molar-refractivity contribution < 1.29 is 24.2 Å². The van der Waals surface area contributed by atoms with Crippen LogP contribution in [0.1, 0.15) is 42.9 Å². The minimum absolute atomic E-state index is 0.0565. The number of fused-ring (bicyclic) bond motifs is 1. The molecule has 0 aromatic heterocycles. The molecule has 0 spiro atoms. The lowest BCUT2D eigenvalue weighted by molar-refractivity contribution is -0.143. The van der Waals surface area contributed by atoms with Crippen molar-refractivity contribution >= 4 is 11.9 Å². The molecule has 0 saturated heterocycles. The normalized spacial score (nSPS) is 21.8. The molecule has 6 nitrogen and oxygen atoms in total. The number of carboxylic acid groups (broad SMARTS) is 1. The van der Waals surface area contributed by atoms with E-state index in [4.69, 9.17) is 9.47 Å². The van der Waals surface area contributed by atoms with E-state index in [0.29, 0.717) is 24.5 Å². The molecular weight excluding hydrogens is 334 g/mol. The van der Waals surface area contributed by atoms with Crippen molar-refractivity contribution in [1.82, 2.24) is 4.90 Å². The fourth-order valence-electron chi connectivity index (χ4n) is 3.93. The Kier molecular flexibility index (Phi) is 5.49. The van der Waals surface area contributed by atoms with Crippen LogP contribution in [0, 0.1) is 5.92 Å². The van der Waals surface area contributed by atoms with Gasteiger partial charge in [-0.2, -0.15) is 0 Å². The molecule has 0 bridgehead atoms. The number of hydrogen-bond acceptors (Lipinski definition) is 4. The van der Waals surface area contributed by atoms with Crippen LogP contribution in [-0.2, 0) is 16.0 Å². The summed E-state index contributed by atoms with van der Waals surface area (Å²) in [7, 11) is 3.13. The highest BCUT2D eigenvalue weighted by atomic mass is 16.5. The van der Waals surface area contributed by atoms with E-state index in [0.717, 1.165) is 30.4 Å². The Bertz CT molecular complexity index is 727. The van der Waals surface area contributed by atoms with Crippen LogP contribution in [0.15, 0.2) is 24.3 Å². The Hall–Kier alpha value is -2.50. The molecule has 1 heterocycles. The lowest BCUT2D eigenvalue weighted by Crippen LogP contribution is -2.44. The fourth-order valence-corrected chi connectivity index (χ4v) is 3.93. The van der Waals surface area contributed by atoms with Gasteiger partial charge in [0.1, 0.15) is 0 Å². The molecule has 1 aromatic carbocycles. The van der Waals surface area contributed by atoms with E-state index in [-0.39, 0.29) is 18.2 Å². The van der Waals surface area contributed by atoms with Gasteiger partial charge in [0, 0.05) is 12.5 Å². The van der Waals surface area contributed by atoms with E-state index in [1.165, 1.54) is 0 Å². The summed E-state index contributed by atoms with van der Waals surface area (Å²) in [6, 6.07) is 3.24. The molecule has 140 valence electrons. The first kappa shape index (κ1) is 18.3. The van der Waals surface area contributed by atoms with Gasteiger partial charge in [0.05, 0.1) is 26.7 Å². The highest BCUT2D eigenvalue weighted by Crippen LogP contribution is 2.40. The van der Waals surface area contributed by atoms with Crippen molar-refractivity contribution in [2.24, 2.45) is 5.92 Å². The minimum Gasteiger partial charge on any atom is -0.493 e. The molecule has 1 N–H and O–H groups in total. The zero-order chi connectivity index (χ0) is 18.7. The number of benzene rings is 1. The average molecular weight is 359 g/mol. The number of aliphatic carboxylic acids is 1. The van der Waals surface area contributed by atoms with Gasteiger partial charge in [-0.15, -0.1) is 0 Å². The SMILES string of the molecule is COc1cc2c(cc1OC)C(CC(=O)O)N(C(=O)C1CC=CCC1)CC2. The number of rotatable bonds is 5. The van der Waals surface area contributed by atoms with Crippen LogP contribution in [0.2, 0.25) is 0 Å². The second-order valence-corrected chi connectivity index (χ2v) is 6.78. The van der Waals surface area contributed by atoms with Crippen molar-refractivity contribution in [2.75, 3.05) is 20.8 Å². The van der Waals surface area contributed by atoms with Gasteiger partial charge in [-0.3, -0.25) is 9.59 Å². The number of carbonyl (C=O) groups excluding carboxylic acids is 1. The second-order valence-electron chi connectivity index (χ2n) is 6.78. The molecule has 0 radical (unpaired) electrons. The Labute approximate surface area is 153 Å². The molecule has 1 amide bonds. The van der Waals surface area contributed by atoms with Gasteiger partial charge in [0.15, 0.2) is 11.5 Å². The van der Waals surface area contributed by atoms with E-state index >= 15 is 0 Å². The van der Waals surface area contributed by atoms with Crippen molar-refractivity contribution in [3.8, 4) is 11.5 Å². The number of nitrogens with zero attached hydrogens (tertiary/aromatic N) is 1. The largest absolute Gasteiger partial charge is 0.493 e. The third kappa shape index (κ3) is 3.54. The summed E-state index contributed by atoms with van der Waals surface area (Å²) in [5.41, 5.74) is 1.86. The van der Waals surface area contributed by atoms with Crippen LogP contribution >= 0.6 is 0 Å². The van der Waals surface area contributed by atoms with Gasteiger partial charge >= 0.3 is 5.97 Å². The van der Waals surface area contributed by atoms with Crippen molar-refractivity contribution in [3.05, 3.63) is 35.4 Å². The Morgan fingerprint density at radius 2 is 1.92 bits per heavy atom. The van der Waals surface area contributed by atoms with Gasteiger partial charge in [0.25, 0.3) is 0 Å². The molecular formula is C20H25NO5. The second kappa shape index (κ2) is 7.81. The summed E-state index contributed by atoms with van der Waals surface area (Å²) in [6.45, 7) is 0.527. The van der Waals surface area contributed by atoms with Crippen LogP contribution in [0.3, 0.4) is 0 Å². The fraction of sp³-hybridized carbons (Fsp3) is 0.500. The van der Waals surface area contributed by atoms with Gasteiger partial charge in [-0.05, 0) is 48.9 Å². The Morgan fingerprint density at radius 1 is 1.19 bits per heavy atom. The first-order valence-electron chi connectivity index (χ1n) is 8.97. The first-order valence-corrected chi connectivity index (χ1v) is 8.97. The van der Waals surface area contributed by atoms with E-state index in [2.05, 4.69) is 6.08 Å². The Balaban J connectivity index is 1.96. The molecule has 2 atom stereocenters. The third-order valence-electron chi connectivity index (χ3n) is 5.27. The molecule has 1 aromatic rings. The van der Waals surface area contributed by atoms with Gasteiger partial charge in [-0.25, -0.2) is 0 Å². The highest BCUT2D eigenvalue weighted by Gasteiger charge is 2.36. The molecule has 2 unspecified atom stereocenters. The molecule has 26 heavy (non-hydrogen) atoms. The number of allylic oxidation sites excluding steroid dienone is 2. The topological polar surface area (TPSA) is 76.1 Å². The van der Waals surface area contributed by atoms with Gasteiger partial charge < -0.3 is 19.5 Å². The number of ether oxygens (including phenoxy) is 2. The lowest BCUT2D eigenvalue weighted by Gasteiger charge is -2.39. The number of methoxy groups -OCH3 is 2. The summed E-state index contributed by atoms with van der Waals surface area (Å²) in [4.78, 5) is 26.3. The number of hydrogen-bond donors (Lipinski definition) is 1. The Morgan fingerprint density at radius 3 is 2.54 bits per heavy atom. The van der Waals surface area contributed by atoms with Crippen LogP contribution < -0.4 is 9.47 Å². The summed E-state index contributed by atoms with van der Waals surface area (Å²) in [5.74, 6) is 0.257. The highest BCUT2D eigenvalue weighted by molar-refractivity contribution is 5.81. The van der Waals surface area contributed by atoms with Gasteiger partial charge in [-0.1, -0.05) is 12.2 Å². The van der Waals surface area contributed by atoms with E-state index in [9.17, 15) is 14.7 Å². The van der Waals surface area contributed by atoms with Crippen LogP contribution in [-0.4, -0.2) is 42.6 Å². The van der Waals surface area contributed by atoms with Crippen molar-refractivity contribution in [1.29, 1.82) is 0 Å². The predicted octanol–water partition coefficient (Wildman–Crippen LogP) is 2.96. The molecule has 0 fully saturated rings. The average Bonchev–Trinajstić information content (AvgIpc) is 2.67. The maximum atomic E-state index is 13.1. The molecule has 0 saturated carbocycles. The predicted molar refractivity (Wildman–Crippen MR) is 96.4 cm³/mol. The van der Waals surface area contributed by atoms with Crippen LogP contribution in [0.4, 0.5) is 0 Å². The monoisotopic (exact) mass is 359 g/mol. The van der Waals surface area contributed by atoms with Crippen molar-refractivity contribution in [2.45, 2.75) is 38.1 Å². The summed E-state index contributed by atoms with van der Waals surface area (Å²) in [6.07, 6.45) is 7.16. The molecule has 3 rings (SSSR count). The lowest BCUT2D eigenvalue weighted by atomic mass is 9.87. The maximum Gasteiger partial charge on any atom is 0.305 e. The van der Waals surface area contributed by atoms with Crippen molar-refractivity contribution in [3.63, 3.8) is 0 Å². The maximum absolute atomic E-state index is 13.1. The number of amides is 1. The van der Waals surface area contributed by atoms with E-state index in [1.807, 2.05) is 18.2 Å². The number of carboxylic acids is 1. The minimum atomic E-state index is -0.918. The zero-order valence-corrected chi connectivity index (χ0v) is 15.2. The summed E-state index contributed by atoms with van der Waals surface area (Å²) < 4.78 is 10.7.